The van der Waals surface area contributed by atoms with Crippen LogP contribution in [0.2, 0.25) is 0 Å². The molecule has 0 heterocycles. The van der Waals surface area contributed by atoms with Crippen LogP contribution in [-0.2, 0) is 4.79 Å². The molecule has 1 aliphatic rings. The maximum atomic E-state index is 11.5. The summed E-state index contributed by atoms with van der Waals surface area (Å²) in [5.41, 5.74) is -0.364. The molecule has 0 aliphatic heterocycles. The fraction of sp³-hybridized carbons (Fsp3) is 0.417. The molecular formula is C12H15NO3. The van der Waals surface area contributed by atoms with E-state index in [0.717, 1.165) is 12.8 Å². The highest BCUT2D eigenvalue weighted by Gasteiger charge is 2.43. The third kappa shape index (κ3) is 2.73. The highest BCUT2D eigenvalue weighted by Crippen LogP contribution is 2.34. The molecule has 0 aromatic heterocycles. The van der Waals surface area contributed by atoms with Crippen LogP contribution in [0.3, 0.4) is 0 Å². The molecule has 0 bridgehead atoms. The highest BCUT2D eigenvalue weighted by molar-refractivity contribution is 5.78. The van der Waals surface area contributed by atoms with E-state index in [1.807, 2.05) is 18.2 Å². The zero-order valence-corrected chi connectivity index (χ0v) is 8.98. The van der Waals surface area contributed by atoms with E-state index in [1.165, 1.54) is 0 Å². The fourth-order valence-corrected chi connectivity index (χ4v) is 1.47. The van der Waals surface area contributed by atoms with Gasteiger partial charge in [0.15, 0.2) is 6.61 Å². The minimum atomic E-state index is -0.364. The molecule has 4 nitrogen and oxygen atoms in total. The molecule has 0 atom stereocenters. The van der Waals surface area contributed by atoms with Crippen LogP contribution in [-0.4, -0.2) is 29.8 Å². The first-order valence-electron chi connectivity index (χ1n) is 5.34. The molecule has 0 spiro atoms. The summed E-state index contributed by atoms with van der Waals surface area (Å²) >= 11 is 0. The Morgan fingerprint density at radius 3 is 2.62 bits per heavy atom. The van der Waals surface area contributed by atoms with Crippen molar-refractivity contribution in [2.75, 3.05) is 13.2 Å². The normalized spacial score (nSPS) is 16.6. The molecule has 0 unspecified atom stereocenters. The summed E-state index contributed by atoms with van der Waals surface area (Å²) in [5.74, 6) is 0.488. The molecule has 1 amide bonds. The van der Waals surface area contributed by atoms with Crippen molar-refractivity contribution < 1.29 is 14.6 Å². The number of amides is 1. The Hall–Kier alpha value is -1.55. The summed E-state index contributed by atoms with van der Waals surface area (Å²) < 4.78 is 5.29. The molecule has 4 heteroatoms. The Labute approximate surface area is 94.2 Å². The Kier molecular flexibility index (Phi) is 3.10. The number of aliphatic hydroxyl groups is 1. The van der Waals surface area contributed by atoms with Crippen molar-refractivity contribution in [1.82, 2.24) is 5.32 Å². The van der Waals surface area contributed by atoms with Gasteiger partial charge in [-0.15, -0.1) is 0 Å². The van der Waals surface area contributed by atoms with Crippen LogP contribution in [0.1, 0.15) is 12.8 Å². The molecule has 2 N–H and O–H groups in total. The third-order valence-corrected chi connectivity index (χ3v) is 2.67. The summed E-state index contributed by atoms with van der Waals surface area (Å²) in [6.45, 7) is -0.00413. The number of rotatable bonds is 5. The first-order valence-corrected chi connectivity index (χ1v) is 5.34. The summed E-state index contributed by atoms with van der Waals surface area (Å²) in [6.07, 6.45) is 1.70. The average molecular weight is 221 g/mol. The van der Waals surface area contributed by atoms with Crippen molar-refractivity contribution in [3.63, 3.8) is 0 Å². The van der Waals surface area contributed by atoms with Gasteiger partial charge >= 0.3 is 0 Å². The zero-order chi connectivity index (χ0) is 11.4. The minimum absolute atomic E-state index is 0.00404. The van der Waals surface area contributed by atoms with E-state index >= 15 is 0 Å². The Morgan fingerprint density at radius 1 is 1.38 bits per heavy atom. The standard InChI is InChI=1S/C12H15NO3/c14-9-12(6-7-12)13-11(15)8-16-10-4-2-1-3-5-10/h1-5,14H,6-9H2,(H,13,15). The number of hydrogen-bond acceptors (Lipinski definition) is 3. The van der Waals surface area contributed by atoms with Gasteiger partial charge in [0.1, 0.15) is 5.75 Å². The molecule has 1 aliphatic carbocycles. The quantitative estimate of drug-likeness (QED) is 0.769. The van der Waals surface area contributed by atoms with E-state index in [4.69, 9.17) is 9.84 Å². The van der Waals surface area contributed by atoms with Crippen LogP contribution in [0.25, 0.3) is 0 Å². The maximum absolute atomic E-state index is 11.5. The molecule has 1 saturated carbocycles. The summed E-state index contributed by atoms with van der Waals surface area (Å²) in [5, 5.41) is 11.8. The molecule has 2 rings (SSSR count). The second kappa shape index (κ2) is 4.53. The number of aliphatic hydroxyl groups excluding tert-OH is 1. The lowest BCUT2D eigenvalue weighted by Gasteiger charge is -2.14. The molecule has 1 aromatic rings. The van der Waals surface area contributed by atoms with Crippen LogP contribution >= 0.6 is 0 Å². The van der Waals surface area contributed by atoms with Crippen LogP contribution in [0.5, 0.6) is 5.75 Å². The SMILES string of the molecule is O=C(COc1ccccc1)NC1(CO)CC1. The lowest BCUT2D eigenvalue weighted by molar-refractivity contribution is -0.124. The van der Waals surface area contributed by atoms with Gasteiger partial charge in [0, 0.05) is 0 Å². The Morgan fingerprint density at radius 2 is 2.06 bits per heavy atom. The molecule has 1 fully saturated rings. The average Bonchev–Trinajstić information content (AvgIpc) is 3.08. The highest BCUT2D eigenvalue weighted by atomic mass is 16.5. The number of carbonyl (C=O) groups is 1. The molecule has 0 radical (unpaired) electrons. The van der Waals surface area contributed by atoms with Crippen LogP contribution in [0.4, 0.5) is 0 Å². The minimum Gasteiger partial charge on any atom is -0.484 e. The summed E-state index contributed by atoms with van der Waals surface area (Å²) in [7, 11) is 0. The van der Waals surface area contributed by atoms with E-state index in [2.05, 4.69) is 5.32 Å². The van der Waals surface area contributed by atoms with Gasteiger partial charge in [0.05, 0.1) is 12.1 Å². The van der Waals surface area contributed by atoms with Crippen LogP contribution in [0, 0.1) is 0 Å². The van der Waals surface area contributed by atoms with Crippen LogP contribution < -0.4 is 10.1 Å². The second-order valence-corrected chi connectivity index (χ2v) is 4.09. The first kappa shape index (κ1) is 11.0. The lowest BCUT2D eigenvalue weighted by atomic mass is 10.3. The maximum Gasteiger partial charge on any atom is 0.258 e. The third-order valence-electron chi connectivity index (χ3n) is 2.67. The fourth-order valence-electron chi connectivity index (χ4n) is 1.47. The van der Waals surface area contributed by atoms with Gasteiger partial charge in [-0.25, -0.2) is 0 Å². The predicted molar refractivity (Wildman–Crippen MR) is 59.1 cm³/mol. The number of carbonyl (C=O) groups excluding carboxylic acids is 1. The first-order chi connectivity index (χ1) is 7.74. The van der Waals surface area contributed by atoms with Gasteiger partial charge < -0.3 is 15.2 Å². The van der Waals surface area contributed by atoms with Gasteiger partial charge in [-0.05, 0) is 25.0 Å². The Bertz CT molecular complexity index is 360. The second-order valence-electron chi connectivity index (χ2n) is 4.09. The molecule has 1 aromatic carbocycles. The number of hydrogen-bond donors (Lipinski definition) is 2. The monoisotopic (exact) mass is 221 g/mol. The van der Waals surface area contributed by atoms with E-state index < -0.39 is 0 Å². The number of ether oxygens (including phenoxy) is 1. The Balaban J connectivity index is 1.76. The van der Waals surface area contributed by atoms with Crippen molar-refractivity contribution in [3.05, 3.63) is 30.3 Å². The van der Waals surface area contributed by atoms with Crippen molar-refractivity contribution in [1.29, 1.82) is 0 Å². The molecular weight excluding hydrogens is 206 g/mol. The lowest BCUT2D eigenvalue weighted by Crippen LogP contribution is -2.42. The van der Waals surface area contributed by atoms with E-state index in [0.29, 0.717) is 5.75 Å². The van der Waals surface area contributed by atoms with Crippen LogP contribution in [0.15, 0.2) is 30.3 Å². The van der Waals surface area contributed by atoms with Gasteiger partial charge in [-0.2, -0.15) is 0 Å². The van der Waals surface area contributed by atoms with Crippen molar-refractivity contribution in [2.24, 2.45) is 0 Å². The van der Waals surface area contributed by atoms with Gasteiger partial charge in [0.25, 0.3) is 5.91 Å². The predicted octanol–water partition coefficient (Wildman–Crippen LogP) is 0.706. The van der Waals surface area contributed by atoms with Crippen molar-refractivity contribution in [2.45, 2.75) is 18.4 Å². The summed E-state index contributed by atoms with van der Waals surface area (Å²) in [4.78, 5) is 11.5. The number of nitrogens with one attached hydrogen (secondary N) is 1. The molecule has 86 valence electrons. The van der Waals surface area contributed by atoms with Crippen molar-refractivity contribution in [3.8, 4) is 5.75 Å². The number of benzene rings is 1. The largest absolute Gasteiger partial charge is 0.484 e. The smallest absolute Gasteiger partial charge is 0.258 e. The van der Waals surface area contributed by atoms with Gasteiger partial charge in [-0.3, -0.25) is 4.79 Å². The van der Waals surface area contributed by atoms with Gasteiger partial charge in [-0.1, -0.05) is 18.2 Å². The molecule has 0 saturated heterocycles. The van der Waals surface area contributed by atoms with E-state index in [9.17, 15) is 4.79 Å². The van der Waals surface area contributed by atoms with Gasteiger partial charge in [0.2, 0.25) is 0 Å². The topological polar surface area (TPSA) is 58.6 Å². The van der Waals surface area contributed by atoms with E-state index in [-0.39, 0.29) is 24.7 Å². The van der Waals surface area contributed by atoms with Crippen molar-refractivity contribution >= 4 is 5.91 Å². The number of para-hydroxylation sites is 1. The summed E-state index contributed by atoms with van der Waals surface area (Å²) in [6, 6.07) is 9.18. The van der Waals surface area contributed by atoms with E-state index in [1.54, 1.807) is 12.1 Å². The molecule has 16 heavy (non-hydrogen) atoms. The zero-order valence-electron chi connectivity index (χ0n) is 8.98.